The van der Waals surface area contributed by atoms with E-state index in [1.807, 2.05) is 0 Å². The number of hydrogen-bond acceptors (Lipinski definition) is 8. The molecule has 3 aromatic rings. The second-order valence-electron chi connectivity index (χ2n) is 8.21. The zero-order chi connectivity index (χ0) is 25.7. The summed E-state index contributed by atoms with van der Waals surface area (Å²) in [5.74, 6) is -1.53. The zero-order valence-corrected chi connectivity index (χ0v) is 18.6. The number of carbonyl (C=O) groups is 1. The fourth-order valence-electron chi connectivity index (χ4n) is 3.64. The number of aliphatic hydroxyl groups is 1. The number of carbonyl (C=O) groups excluding carboxylic acids is 1. The van der Waals surface area contributed by atoms with Gasteiger partial charge in [0, 0.05) is 11.8 Å². The number of benzene rings is 1. The van der Waals surface area contributed by atoms with E-state index >= 15 is 0 Å². The first-order valence-electron chi connectivity index (χ1n) is 10.3. The van der Waals surface area contributed by atoms with E-state index in [0.29, 0.717) is 0 Å². The summed E-state index contributed by atoms with van der Waals surface area (Å²) in [5.41, 5.74) is 2.86. The Labute approximate surface area is 205 Å². The van der Waals surface area contributed by atoms with Crippen LogP contribution in [0.15, 0.2) is 24.4 Å². The molecule has 15 heteroatoms. The van der Waals surface area contributed by atoms with Crippen molar-refractivity contribution >= 4 is 54.6 Å². The highest BCUT2D eigenvalue weighted by atomic mass is 19.1. The maximum Gasteiger partial charge on any atom is 0.259 e. The van der Waals surface area contributed by atoms with Crippen LogP contribution in [-0.2, 0) is 6.54 Å². The van der Waals surface area contributed by atoms with Crippen molar-refractivity contribution in [1.82, 2.24) is 19.9 Å². The SMILES string of the molecule is [B]C([B])([B])C([B])(O)N1Cc2c(ccc(F)c2C#N)OC(C)CNC(=O)c2c(N)nn3ccc1nc23. The monoisotopic (exact) mass is 465 g/mol. The van der Waals surface area contributed by atoms with E-state index in [9.17, 15) is 19.6 Å². The van der Waals surface area contributed by atoms with Crippen molar-refractivity contribution in [2.75, 3.05) is 17.2 Å². The Balaban J connectivity index is 2.03. The van der Waals surface area contributed by atoms with E-state index in [2.05, 4.69) is 15.4 Å². The third-order valence-electron chi connectivity index (χ3n) is 5.58. The van der Waals surface area contributed by atoms with Crippen LogP contribution >= 0.6 is 0 Å². The van der Waals surface area contributed by atoms with E-state index in [-0.39, 0.29) is 46.3 Å². The van der Waals surface area contributed by atoms with E-state index in [1.54, 1.807) is 13.0 Å². The number of nitriles is 1. The van der Waals surface area contributed by atoms with Gasteiger partial charge in [-0.05, 0) is 25.1 Å². The highest BCUT2D eigenvalue weighted by Gasteiger charge is 2.41. The molecular weight excluding hydrogens is 449 g/mol. The lowest BCUT2D eigenvalue weighted by Gasteiger charge is -2.49. The molecule has 4 rings (SSSR count). The third kappa shape index (κ3) is 4.18. The van der Waals surface area contributed by atoms with Crippen molar-refractivity contribution in [1.29, 1.82) is 5.26 Å². The molecule has 1 aliphatic rings. The number of nitrogen functional groups attached to an aromatic ring is 1. The summed E-state index contributed by atoms with van der Waals surface area (Å²) in [6, 6.07) is 5.51. The topological polar surface area (TPSA) is 142 Å². The van der Waals surface area contributed by atoms with Crippen LogP contribution in [0.2, 0.25) is 5.11 Å². The summed E-state index contributed by atoms with van der Waals surface area (Å²) in [7, 11) is 23.4. The first-order chi connectivity index (χ1) is 16.3. The summed E-state index contributed by atoms with van der Waals surface area (Å²) in [6.07, 6.45) is 0.761. The maximum atomic E-state index is 14.6. The predicted octanol–water partition coefficient (Wildman–Crippen LogP) is -0.767. The average Bonchev–Trinajstić information content (AvgIpc) is 3.11. The lowest BCUT2D eigenvalue weighted by atomic mass is 9.34. The van der Waals surface area contributed by atoms with Gasteiger partial charge in [0.2, 0.25) is 0 Å². The molecule has 2 unspecified atom stereocenters. The molecule has 1 aliphatic heterocycles. The smallest absolute Gasteiger partial charge is 0.259 e. The molecule has 168 valence electrons. The molecule has 0 aliphatic carbocycles. The van der Waals surface area contributed by atoms with Gasteiger partial charge in [0.15, 0.2) is 11.5 Å². The van der Waals surface area contributed by atoms with Crippen molar-refractivity contribution in [3.05, 3.63) is 46.9 Å². The second kappa shape index (κ2) is 8.53. The highest BCUT2D eigenvalue weighted by Crippen LogP contribution is 2.37. The number of rotatable bonds is 2. The summed E-state index contributed by atoms with van der Waals surface area (Å²) in [5, 5.41) is 25.1. The van der Waals surface area contributed by atoms with Crippen LogP contribution in [0.5, 0.6) is 5.75 Å². The van der Waals surface area contributed by atoms with Crippen LogP contribution in [0.4, 0.5) is 16.0 Å². The first kappa shape index (κ1) is 24.5. The molecule has 2 bridgehead atoms. The number of aromatic nitrogens is 3. The van der Waals surface area contributed by atoms with Crippen LogP contribution in [0, 0.1) is 17.1 Å². The summed E-state index contributed by atoms with van der Waals surface area (Å²) in [6.45, 7) is 1.21. The standard InChI is InChI=1S/C20H16B4FN7O3/c1-9-7-28-18(33)15-16(27)30-32-5-4-14(29-17(15)32)31(20(24,34)19(21,22)23)8-11-10(6-26)12(25)2-3-13(11)35-9/h2-5,9,34H,7-8H2,1H3,(H2,27,30)(H,28,33). The second-order valence-corrected chi connectivity index (χ2v) is 8.21. The summed E-state index contributed by atoms with van der Waals surface area (Å²) < 4.78 is 21.8. The largest absolute Gasteiger partial charge is 0.488 e. The normalized spacial score (nSPS) is 18.3. The van der Waals surface area contributed by atoms with Gasteiger partial charge >= 0.3 is 0 Å². The number of anilines is 2. The third-order valence-corrected chi connectivity index (χ3v) is 5.58. The Bertz CT molecular complexity index is 1370. The summed E-state index contributed by atoms with van der Waals surface area (Å²) in [4.78, 5) is 18.3. The molecule has 8 radical (unpaired) electrons. The molecule has 0 spiro atoms. The van der Waals surface area contributed by atoms with Crippen LogP contribution in [0.1, 0.15) is 28.4 Å². The molecule has 2 aromatic heterocycles. The van der Waals surface area contributed by atoms with E-state index in [0.717, 1.165) is 11.0 Å². The van der Waals surface area contributed by atoms with E-state index in [4.69, 9.17) is 41.9 Å². The van der Waals surface area contributed by atoms with E-state index < -0.39 is 35.1 Å². The quantitative estimate of drug-likeness (QED) is 0.420. The minimum Gasteiger partial charge on any atom is -0.488 e. The van der Waals surface area contributed by atoms with Crippen LogP contribution in [0.3, 0.4) is 0 Å². The number of amides is 1. The van der Waals surface area contributed by atoms with Crippen molar-refractivity contribution < 1.29 is 19.0 Å². The molecule has 0 saturated carbocycles. The van der Waals surface area contributed by atoms with Gasteiger partial charge in [-0.15, -0.1) is 5.10 Å². The lowest BCUT2D eigenvalue weighted by molar-refractivity contribution is 0.0934. The minimum atomic E-state index is -2.70. The molecular formula is C20H16B4FN7O3. The van der Waals surface area contributed by atoms with Gasteiger partial charge in [-0.2, -0.15) is 5.26 Å². The van der Waals surface area contributed by atoms with Gasteiger partial charge in [-0.1, -0.05) is 5.11 Å². The Morgan fingerprint density at radius 1 is 1.34 bits per heavy atom. The molecule has 0 saturated heterocycles. The molecule has 2 atom stereocenters. The van der Waals surface area contributed by atoms with Gasteiger partial charge in [0.05, 0.1) is 47.8 Å². The predicted molar refractivity (Wildman–Crippen MR) is 128 cm³/mol. The van der Waals surface area contributed by atoms with Crippen molar-refractivity contribution in [3.63, 3.8) is 0 Å². The minimum absolute atomic E-state index is 0.00738. The number of nitrogens with zero attached hydrogens (tertiary/aromatic N) is 5. The Morgan fingerprint density at radius 3 is 2.71 bits per heavy atom. The molecule has 10 nitrogen and oxygen atoms in total. The van der Waals surface area contributed by atoms with Crippen molar-refractivity contribution in [3.8, 4) is 11.8 Å². The fraction of sp³-hybridized carbons (Fsp3) is 0.300. The number of ether oxygens (including phenoxy) is 1. The van der Waals surface area contributed by atoms with Crippen molar-refractivity contribution in [2.45, 2.75) is 30.3 Å². The van der Waals surface area contributed by atoms with Crippen LogP contribution < -0.4 is 20.7 Å². The lowest BCUT2D eigenvalue weighted by Crippen LogP contribution is -2.59. The fourth-order valence-corrected chi connectivity index (χ4v) is 3.64. The molecule has 1 amide bonds. The van der Waals surface area contributed by atoms with E-state index in [1.165, 1.54) is 22.8 Å². The number of fused-ring (bicyclic) bond motifs is 2. The Morgan fingerprint density at radius 2 is 2.06 bits per heavy atom. The number of halogens is 1. The Hall–Kier alpha value is -3.65. The van der Waals surface area contributed by atoms with Crippen LogP contribution in [-0.4, -0.2) is 75.3 Å². The number of hydrogen-bond donors (Lipinski definition) is 3. The average molecular weight is 465 g/mol. The van der Waals surface area contributed by atoms with Crippen LogP contribution in [0.25, 0.3) is 5.65 Å². The highest BCUT2D eigenvalue weighted by molar-refractivity contribution is 6.62. The molecule has 35 heavy (non-hydrogen) atoms. The molecule has 3 heterocycles. The molecule has 4 N–H and O–H groups in total. The molecule has 0 fully saturated rings. The maximum absolute atomic E-state index is 14.6. The van der Waals surface area contributed by atoms with Gasteiger partial charge in [-0.3, -0.25) is 4.79 Å². The van der Waals surface area contributed by atoms with Gasteiger partial charge in [-0.25, -0.2) is 13.9 Å². The van der Waals surface area contributed by atoms with Gasteiger partial charge in [0.1, 0.15) is 43.0 Å². The van der Waals surface area contributed by atoms with Gasteiger partial charge in [0.25, 0.3) is 5.91 Å². The van der Waals surface area contributed by atoms with Gasteiger partial charge < -0.3 is 25.8 Å². The first-order valence-corrected chi connectivity index (χ1v) is 10.3. The number of nitrogens with two attached hydrogens (primary N) is 1. The Kier molecular flexibility index (Phi) is 5.97. The summed E-state index contributed by atoms with van der Waals surface area (Å²) >= 11 is 0. The van der Waals surface area contributed by atoms with Crippen molar-refractivity contribution in [2.24, 2.45) is 0 Å². The molecule has 1 aromatic carbocycles. The number of nitrogens with one attached hydrogen (secondary N) is 1. The zero-order valence-electron chi connectivity index (χ0n) is 18.6.